The van der Waals surface area contributed by atoms with Crippen LogP contribution in [0.15, 0.2) is 17.0 Å². The minimum atomic E-state index is -0.622. The number of thioether (sulfide) groups is 1. The summed E-state index contributed by atoms with van der Waals surface area (Å²) in [5.41, 5.74) is 0.0333. The number of carbonyl (C=O) groups is 2. The van der Waals surface area contributed by atoms with E-state index < -0.39 is 11.1 Å². The Hall–Kier alpha value is -1.27. The van der Waals surface area contributed by atoms with Gasteiger partial charge in [-0.05, 0) is 25.5 Å². The Kier molecular flexibility index (Phi) is 7.68. The molecule has 0 saturated heterocycles. The first-order chi connectivity index (χ1) is 10.3. The number of rotatable bonds is 7. The highest BCUT2D eigenvalue weighted by Gasteiger charge is 2.19. The Morgan fingerprint density at radius 2 is 2.14 bits per heavy atom. The van der Waals surface area contributed by atoms with Crippen LogP contribution >= 0.6 is 23.4 Å². The smallest absolute Gasteiger partial charge is 0.319 e. The van der Waals surface area contributed by atoms with Crippen molar-refractivity contribution < 1.29 is 18.7 Å². The number of benzene rings is 1. The molecule has 0 aromatic heterocycles. The number of ether oxygens (including phenoxy) is 1. The lowest BCUT2D eigenvalue weighted by atomic mass is 10.3. The van der Waals surface area contributed by atoms with Crippen LogP contribution in [0.3, 0.4) is 0 Å². The fraction of sp³-hybridized carbons (Fsp3) is 0.467. The predicted octanol–water partition coefficient (Wildman–Crippen LogP) is 4.26. The Bertz CT molecular complexity index is 554. The molecule has 1 rings (SSSR count). The van der Waals surface area contributed by atoms with Crippen LogP contribution in [0.4, 0.5) is 10.1 Å². The number of unbranched alkanes of at least 4 members (excludes halogenated alkanes) is 1. The van der Waals surface area contributed by atoms with Crippen molar-refractivity contribution >= 4 is 40.9 Å². The van der Waals surface area contributed by atoms with Crippen molar-refractivity contribution in [3.63, 3.8) is 0 Å². The maximum Gasteiger partial charge on any atom is 0.319 e. The highest BCUT2D eigenvalue weighted by molar-refractivity contribution is 8.00. The molecule has 0 aliphatic heterocycles. The van der Waals surface area contributed by atoms with Gasteiger partial charge in [0.05, 0.1) is 17.3 Å². The zero-order valence-electron chi connectivity index (χ0n) is 12.7. The van der Waals surface area contributed by atoms with Crippen molar-refractivity contribution in [2.45, 2.75) is 43.8 Å². The van der Waals surface area contributed by atoms with Gasteiger partial charge in [0, 0.05) is 11.8 Å². The summed E-state index contributed by atoms with van der Waals surface area (Å²) in [5.74, 6) is -1.35. The standard InChI is InChI=1S/C15H19ClFNO3S/c1-4-5-6-21-15(20)9(2)22-14-8-13(18-10(3)19)12(17)7-11(14)16/h7-9H,4-6H2,1-3H3,(H,18,19). The van der Waals surface area contributed by atoms with E-state index in [0.29, 0.717) is 11.5 Å². The van der Waals surface area contributed by atoms with Gasteiger partial charge >= 0.3 is 5.97 Å². The maximum atomic E-state index is 13.7. The van der Waals surface area contributed by atoms with E-state index >= 15 is 0 Å². The van der Waals surface area contributed by atoms with Crippen LogP contribution in [0.5, 0.6) is 0 Å². The molecule has 0 aliphatic carbocycles. The zero-order valence-corrected chi connectivity index (χ0v) is 14.3. The summed E-state index contributed by atoms with van der Waals surface area (Å²) >= 11 is 7.15. The molecule has 1 aromatic carbocycles. The third-order valence-corrected chi connectivity index (χ3v) is 4.27. The number of nitrogens with one attached hydrogen (secondary N) is 1. The van der Waals surface area contributed by atoms with Gasteiger partial charge in [0.2, 0.25) is 5.91 Å². The van der Waals surface area contributed by atoms with Gasteiger partial charge in [0.1, 0.15) is 11.1 Å². The van der Waals surface area contributed by atoms with E-state index in [0.717, 1.165) is 30.7 Å². The Labute approximate surface area is 138 Å². The molecule has 1 amide bonds. The number of halogens is 2. The van der Waals surface area contributed by atoms with Gasteiger partial charge in [-0.25, -0.2) is 4.39 Å². The van der Waals surface area contributed by atoms with Crippen molar-refractivity contribution in [3.8, 4) is 0 Å². The SMILES string of the molecule is CCCCOC(=O)C(C)Sc1cc(NC(C)=O)c(F)cc1Cl. The highest BCUT2D eigenvalue weighted by Crippen LogP contribution is 2.34. The zero-order chi connectivity index (χ0) is 16.7. The molecular weight excluding hydrogens is 329 g/mol. The van der Waals surface area contributed by atoms with E-state index in [2.05, 4.69) is 5.32 Å². The summed E-state index contributed by atoms with van der Waals surface area (Å²) in [5, 5.41) is 2.09. The second-order valence-electron chi connectivity index (χ2n) is 4.72. The van der Waals surface area contributed by atoms with Crippen LogP contribution in [0.2, 0.25) is 5.02 Å². The lowest BCUT2D eigenvalue weighted by Crippen LogP contribution is -2.17. The molecule has 0 bridgehead atoms. The molecular formula is C15H19ClFNO3S. The van der Waals surface area contributed by atoms with Gasteiger partial charge in [-0.1, -0.05) is 24.9 Å². The van der Waals surface area contributed by atoms with Crippen molar-refractivity contribution in [2.75, 3.05) is 11.9 Å². The quantitative estimate of drug-likeness (QED) is 0.455. The first-order valence-corrected chi connectivity index (χ1v) is 8.20. The number of amides is 1. The largest absolute Gasteiger partial charge is 0.465 e. The van der Waals surface area contributed by atoms with Gasteiger partial charge in [0.15, 0.2) is 0 Å². The molecule has 0 radical (unpaired) electrons. The van der Waals surface area contributed by atoms with Gasteiger partial charge in [-0.3, -0.25) is 9.59 Å². The Morgan fingerprint density at radius 1 is 1.45 bits per heavy atom. The van der Waals surface area contributed by atoms with E-state index in [1.165, 1.54) is 13.0 Å². The highest BCUT2D eigenvalue weighted by atomic mass is 35.5. The molecule has 1 unspecified atom stereocenters. The maximum absolute atomic E-state index is 13.7. The average Bonchev–Trinajstić information content (AvgIpc) is 2.43. The van der Waals surface area contributed by atoms with Crippen molar-refractivity contribution in [1.29, 1.82) is 0 Å². The number of hydrogen-bond acceptors (Lipinski definition) is 4. The topological polar surface area (TPSA) is 55.4 Å². The predicted molar refractivity (Wildman–Crippen MR) is 86.9 cm³/mol. The average molecular weight is 348 g/mol. The second kappa shape index (κ2) is 9.00. The van der Waals surface area contributed by atoms with Crippen LogP contribution in [0.1, 0.15) is 33.6 Å². The molecule has 22 heavy (non-hydrogen) atoms. The summed E-state index contributed by atoms with van der Waals surface area (Å²) in [6, 6.07) is 2.53. The first-order valence-electron chi connectivity index (χ1n) is 6.95. The summed E-state index contributed by atoms with van der Waals surface area (Å²) in [7, 11) is 0. The molecule has 0 aliphatic rings. The lowest BCUT2D eigenvalue weighted by molar-refractivity contribution is -0.142. The molecule has 1 aromatic rings. The fourth-order valence-electron chi connectivity index (χ4n) is 1.58. The summed E-state index contributed by atoms with van der Waals surface area (Å²) in [6.45, 7) is 5.37. The normalized spacial score (nSPS) is 11.9. The fourth-order valence-corrected chi connectivity index (χ4v) is 2.76. The number of carbonyl (C=O) groups excluding carboxylic acids is 2. The molecule has 0 fully saturated rings. The van der Waals surface area contributed by atoms with Crippen molar-refractivity contribution in [1.82, 2.24) is 0 Å². The minimum absolute atomic E-state index is 0.0333. The first kappa shape index (κ1) is 18.8. The van der Waals surface area contributed by atoms with Crippen LogP contribution in [0, 0.1) is 5.82 Å². The molecule has 0 heterocycles. The van der Waals surface area contributed by atoms with E-state index in [1.54, 1.807) is 6.92 Å². The van der Waals surface area contributed by atoms with E-state index in [9.17, 15) is 14.0 Å². The molecule has 1 atom stereocenters. The van der Waals surface area contributed by atoms with Crippen LogP contribution in [-0.2, 0) is 14.3 Å². The molecule has 1 N–H and O–H groups in total. The minimum Gasteiger partial charge on any atom is -0.465 e. The van der Waals surface area contributed by atoms with Crippen molar-refractivity contribution in [3.05, 3.63) is 23.0 Å². The van der Waals surface area contributed by atoms with E-state index in [4.69, 9.17) is 16.3 Å². The summed E-state index contributed by atoms with van der Waals surface area (Å²) < 4.78 is 18.8. The number of esters is 1. The number of anilines is 1. The van der Waals surface area contributed by atoms with Gasteiger partial charge in [-0.2, -0.15) is 0 Å². The molecule has 0 saturated carbocycles. The molecule has 122 valence electrons. The molecule has 7 heteroatoms. The Morgan fingerprint density at radius 3 is 2.73 bits per heavy atom. The summed E-state index contributed by atoms with van der Waals surface area (Å²) in [4.78, 5) is 23.4. The van der Waals surface area contributed by atoms with Gasteiger partial charge in [-0.15, -0.1) is 11.8 Å². The number of hydrogen-bond donors (Lipinski definition) is 1. The van der Waals surface area contributed by atoms with Crippen molar-refractivity contribution in [2.24, 2.45) is 0 Å². The summed E-state index contributed by atoms with van der Waals surface area (Å²) in [6.07, 6.45) is 1.76. The van der Waals surface area contributed by atoms with Crippen LogP contribution < -0.4 is 5.32 Å². The lowest BCUT2D eigenvalue weighted by Gasteiger charge is -2.13. The van der Waals surface area contributed by atoms with Crippen LogP contribution in [0.25, 0.3) is 0 Å². The molecule has 0 spiro atoms. The van der Waals surface area contributed by atoms with Crippen LogP contribution in [-0.4, -0.2) is 23.7 Å². The van der Waals surface area contributed by atoms with Gasteiger partial charge < -0.3 is 10.1 Å². The van der Waals surface area contributed by atoms with E-state index in [1.807, 2.05) is 6.92 Å². The monoisotopic (exact) mass is 347 g/mol. The third kappa shape index (κ3) is 5.85. The Balaban J connectivity index is 2.79. The third-order valence-electron chi connectivity index (χ3n) is 2.71. The van der Waals surface area contributed by atoms with E-state index in [-0.39, 0.29) is 22.6 Å². The van der Waals surface area contributed by atoms with Gasteiger partial charge in [0.25, 0.3) is 0 Å². The molecule has 4 nitrogen and oxygen atoms in total. The second-order valence-corrected chi connectivity index (χ2v) is 6.51.